The first kappa shape index (κ1) is 21.6. The Labute approximate surface area is 173 Å². The second kappa shape index (κ2) is 10.6. The third-order valence-electron chi connectivity index (χ3n) is 3.68. The monoisotopic (exact) mass is 423 g/mol. The van der Waals surface area contributed by atoms with E-state index in [0.29, 0.717) is 22.6 Å². The van der Waals surface area contributed by atoms with Crippen molar-refractivity contribution in [1.29, 1.82) is 0 Å². The van der Waals surface area contributed by atoms with E-state index in [4.69, 9.17) is 42.3 Å². The highest BCUT2D eigenvalue weighted by Crippen LogP contribution is 2.30. The standard InChI is InChI=1S/C20H19Cl2NO5/c1-25-16-9-8-13(11-18(21)22)10-17(16)28-12-14-6-4-5-7-15(14)19(23-27-3)20(24)26-2/h4-11H,12H2,1-3H3/b23-19+. The van der Waals surface area contributed by atoms with E-state index in [1.54, 1.807) is 43.5 Å². The van der Waals surface area contributed by atoms with Crippen LogP contribution in [0.3, 0.4) is 0 Å². The van der Waals surface area contributed by atoms with Crippen LogP contribution in [0.4, 0.5) is 0 Å². The summed E-state index contributed by atoms with van der Waals surface area (Å²) in [6.45, 7) is 0.147. The number of hydrogen-bond acceptors (Lipinski definition) is 6. The first-order valence-electron chi connectivity index (χ1n) is 8.11. The molecule has 2 rings (SSSR count). The van der Waals surface area contributed by atoms with Crippen LogP contribution in [0.15, 0.2) is 52.1 Å². The summed E-state index contributed by atoms with van der Waals surface area (Å²) in [7, 11) is 4.17. The Morgan fingerprint density at radius 3 is 2.46 bits per heavy atom. The number of methoxy groups -OCH3 is 2. The second-order valence-corrected chi connectivity index (χ2v) is 6.41. The molecule has 28 heavy (non-hydrogen) atoms. The largest absolute Gasteiger partial charge is 0.493 e. The summed E-state index contributed by atoms with van der Waals surface area (Å²) in [5.41, 5.74) is 2.04. The van der Waals surface area contributed by atoms with Gasteiger partial charge >= 0.3 is 5.97 Å². The van der Waals surface area contributed by atoms with Crippen molar-refractivity contribution in [2.45, 2.75) is 6.61 Å². The van der Waals surface area contributed by atoms with E-state index in [2.05, 4.69) is 5.16 Å². The minimum absolute atomic E-state index is 0.0433. The summed E-state index contributed by atoms with van der Waals surface area (Å²) in [6.07, 6.45) is 1.59. The molecule has 0 aliphatic carbocycles. The van der Waals surface area contributed by atoms with E-state index in [1.165, 1.54) is 14.2 Å². The second-order valence-electron chi connectivity index (χ2n) is 5.40. The number of oxime groups is 1. The molecule has 0 fully saturated rings. The molecular formula is C20H19Cl2NO5. The lowest BCUT2D eigenvalue weighted by Gasteiger charge is -2.14. The fourth-order valence-electron chi connectivity index (χ4n) is 2.44. The van der Waals surface area contributed by atoms with Gasteiger partial charge in [-0.2, -0.15) is 0 Å². The number of carbonyl (C=O) groups excluding carboxylic acids is 1. The molecule has 6 nitrogen and oxygen atoms in total. The Morgan fingerprint density at radius 1 is 1.07 bits per heavy atom. The lowest BCUT2D eigenvalue weighted by Crippen LogP contribution is -2.19. The molecule has 0 saturated heterocycles. The van der Waals surface area contributed by atoms with Crippen molar-refractivity contribution in [3.05, 3.63) is 63.6 Å². The van der Waals surface area contributed by atoms with Crippen LogP contribution < -0.4 is 9.47 Å². The van der Waals surface area contributed by atoms with Crippen LogP contribution in [0.1, 0.15) is 16.7 Å². The highest BCUT2D eigenvalue weighted by atomic mass is 35.5. The Balaban J connectivity index is 2.34. The SMILES string of the molecule is CO/N=C(/C(=O)OC)c1ccccc1COc1cc(C=C(Cl)Cl)ccc1OC. The quantitative estimate of drug-likeness (QED) is 0.353. The van der Waals surface area contributed by atoms with Gasteiger partial charge in [-0.3, -0.25) is 0 Å². The molecule has 0 aliphatic rings. The topological polar surface area (TPSA) is 66.4 Å². The summed E-state index contributed by atoms with van der Waals surface area (Å²) in [5, 5.41) is 3.79. The van der Waals surface area contributed by atoms with Crippen molar-refractivity contribution in [3.8, 4) is 11.5 Å². The van der Waals surface area contributed by atoms with Crippen LogP contribution in [-0.2, 0) is 21.0 Å². The number of hydrogen-bond donors (Lipinski definition) is 0. The maximum absolute atomic E-state index is 12.1. The third-order valence-corrected chi connectivity index (χ3v) is 3.90. The van der Waals surface area contributed by atoms with Gasteiger partial charge in [-0.05, 0) is 29.3 Å². The summed E-state index contributed by atoms with van der Waals surface area (Å²) in [5.74, 6) is 0.416. The Hall–Kier alpha value is -2.70. The van der Waals surface area contributed by atoms with Crippen LogP contribution in [0, 0.1) is 0 Å². The minimum atomic E-state index is -0.615. The van der Waals surface area contributed by atoms with Gasteiger partial charge in [0.15, 0.2) is 17.2 Å². The van der Waals surface area contributed by atoms with Crippen LogP contribution in [0.2, 0.25) is 0 Å². The Morgan fingerprint density at radius 2 is 1.82 bits per heavy atom. The number of carbonyl (C=O) groups is 1. The molecule has 0 N–H and O–H groups in total. The molecule has 0 saturated carbocycles. The maximum Gasteiger partial charge on any atom is 0.360 e. The molecule has 0 atom stereocenters. The Bertz CT molecular complexity index is 892. The van der Waals surface area contributed by atoms with Crippen molar-refractivity contribution >= 4 is 41.0 Å². The smallest absolute Gasteiger partial charge is 0.360 e. The van der Waals surface area contributed by atoms with Crippen molar-refractivity contribution in [1.82, 2.24) is 0 Å². The van der Waals surface area contributed by atoms with E-state index in [9.17, 15) is 4.79 Å². The first-order valence-corrected chi connectivity index (χ1v) is 8.87. The number of rotatable bonds is 8. The van der Waals surface area contributed by atoms with E-state index < -0.39 is 5.97 Å². The highest BCUT2D eigenvalue weighted by Gasteiger charge is 2.19. The minimum Gasteiger partial charge on any atom is -0.493 e. The lowest BCUT2D eigenvalue weighted by atomic mass is 10.0. The van der Waals surface area contributed by atoms with Crippen LogP contribution in [0.25, 0.3) is 6.08 Å². The summed E-state index contributed by atoms with van der Waals surface area (Å²) in [6, 6.07) is 12.4. The van der Waals surface area contributed by atoms with E-state index in [-0.39, 0.29) is 16.8 Å². The van der Waals surface area contributed by atoms with Gasteiger partial charge < -0.3 is 19.0 Å². The molecule has 8 heteroatoms. The van der Waals surface area contributed by atoms with E-state index >= 15 is 0 Å². The zero-order valence-electron chi connectivity index (χ0n) is 15.6. The predicted molar refractivity (Wildman–Crippen MR) is 109 cm³/mol. The molecule has 2 aromatic rings. The van der Waals surface area contributed by atoms with Crippen LogP contribution in [-0.4, -0.2) is 33.0 Å². The zero-order valence-corrected chi connectivity index (χ0v) is 17.1. The van der Waals surface area contributed by atoms with Gasteiger partial charge in [0.25, 0.3) is 0 Å². The van der Waals surface area contributed by atoms with Crippen LogP contribution in [0.5, 0.6) is 11.5 Å². The molecule has 0 aliphatic heterocycles. The third kappa shape index (κ3) is 5.65. The van der Waals surface area contributed by atoms with Crippen LogP contribution >= 0.6 is 23.2 Å². The molecular weight excluding hydrogens is 405 g/mol. The first-order chi connectivity index (χ1) is 13.5. The van der Waals surface area contributed by atoms with Crippen molar-refractivity contribution in [2.24, 2.45) is 5.16 Å². The Kier molecular flexibility index (Phi) is 8.17. The van der Waals surface area contributed by atoms with Crippen molar-refractivity contribution < 1.29 is 23.8 Å². The van der Waals surface area contributed by atoms with Gasteiger partial charge in [-0.25, -0.2) is 4.79 Å². The molecule has 148 valence electrons. The molecule has 0 aromatic heterocycles. The fraction of sp³-hybridized carbons (Fsp3) is 0.200. The van der Waals surface area contributed by atoms with Gasteiger partial charge in [0.1, 0.15) is 18.2 Å². The number of esters is 1. The molecule has 0 amide bonds. The lowest BCUT2D eigenvalue weighted by molar-refractivity contribution is -0.132. The molecule has 0 bridgehead atoms. The maximum atomic E-state index is 12.1. The van der Waals surface area contributed by atoms with Gasteiger partial charge in [0.05, 0.1) is 14.2 Å². The van der Waals surface area contributed by atoms with Crippen molar-refractivity contribution in [2.75, 3.05) is 21.3 Å². The van der Waals surface area contributed by atoms with Gasteiger partial charge in [0, 0.05) is 5.56 Å². The number of nitrogens with zero attached hydrogens (tertiary/aromatic N) is 1. The predicted octanol–water partition coefficient (Wildman–Crippen LogP) is 4.57. The number of benzene rings is 2. The van der Waals surface area contributed by atoms with Gasteiger partial charge in [-0.15, -0.1) is 0 Å². The zero-order chi connectivity index (χ0) is 20.5. The van der Waals surface area contributed by atoms with Gasteiger partial charge in [-0.1, -0.05) is 58.7 Å². The van der Waals surface area contributed by atoms with Gasteiger partial charge in [0.2, 0.25) is 0 Å². The van der Waals surface area contributed by atoms with E-state index in [1.807, 2.05) is 12.1 Å². The summed E-state index contributed by atoms with van der Waals surface area (Å²) >= 11 is 11.5. The number of ether oxygens (including phenoxy) is 3. The molecule has 0 spiro atoms. The summed E-state index contributed by atoms with van der Waals surface area (Å²) < 4.78 is 16.2. The molecule has 2 aromatic carbocycles. The summed E-state index contributed by atoms with van der Waals surface area (Å²) in [4.78, 5) is 16.8. The molecule has 0 radical (unpaired) electrons. The molecule has 0 heterocycles. The average molecular weight is 424 g/mol. The highest BCUT2D eigenvalue weighted by molar-refractivity contribution is 6.57. The molecule has 0 unspecified atom stereocenters. The average Bonchev–Trinajstić information content (AvgIpc) is 2.70. The van der Waals surface area contributed by atoms with E-state index in [0.717, 1.165) is 5.56 Å². The fourth-order valence-corrected chi connectivity index (χ4v) is 2.69. The van der Waals surface area contributed by atoms with Crippen molar-refractivity contribution in [3.63, 3.8) is 0 Å². The normalized spacial score (nSPS) is 10.8. The number of halogens is 2.